The molecule has 0 radical (unpaired) electrons. The number of nitrogens with one attached hydrogen (secondary N) is 2. The monoisotopic (exact) mass is 357 g/mol. The van der Waals surface area contributed by atoms with Crippen molar-refractivity contribution in [3.8, 4) is 0 Å². The minimum absolute atomic E-state index is 0.212. The highest BCUT2D eigenvalue weighted by molar-refractivity contribution is 7.99. The normalized spacial score (nSPS) is 10.6. The van der Waals surface area contributed by atoms with Gasteiger partial charge in [-0.3, -0.25) is 20.4 Å². The number of hydrogen-bond acceptors (Lipinski definition) is 4. The van der Waals surface area contributed by atoms with Crippen LogP contribution in [-0.2, 0) is 4.79 Å². The maximum atomic E-state index is 12.4. The lowest BCUT2D eigenvalue weighted by atomic mass is 10.1. The molecule has 0 fully saturated rings. The number of aryl methyl sites for hydroxylation is 2. The van der Waals surface area contributed by atoms with Gasteiger partial charge in [-0.1, -0.05) is 31.7 Å². The van der Waals surface area contributed by atoms with E-state index in [0.717, 1.165) is 4.90 Å². The van der Waals surface area contributed by atoms with Crippen LogP contribution in [0.4, 0.5) is 0 Å². The van der Waals surface area contributed by atoms with Gasteiger partial charge in [0.15, 0.2) is 0 Å². The molecule has 0 bridgehead atoms. The fourth-order valence-corrected chi connectivity index (χ4v) is 3.13. The highest BCUT2D eigenvalue weighted by atomic mass is 32.2. The van der Waals surface area contributed by atoms with Crippen molar-refractivity contribution >= 4 is 23.6 Å². The molecule has 0 aliphatic rings. The van der Waals surface area contributed by atoms with Gasteiger partial charge >= 0.3 is 0 Å². The molecule has 0 unspecified atom stereocenters. The van der Waals surface area contributed by atoms with Crippen molar-refractivity contribution in [3.05, 3.63) is 53.2 Å². The Morgan fingerprint density at radius 1 is 1.12 bits per heavy atom. The summed E-state index contributed by atoms with van der Waals surface area (Å²) in [6.07, 6.45) is 2.01. The first-order valence-corrected chi connectivity index (χ1v) is 8.97. The zero-order chi connectivity index (χ0) is 18.4. The average Bonchev–Trinajstić information content (AvgIpc) is 2.56. The largest absolute Gasteiger partial charge is 0.273 e. The quantitative estimate of drug-likeness (QED) is 0.801. The molecule has 0 saturated heterocycles. The second-order valence-electron chi connectivity index (χ2n) is 6.30. The Labute approximate surface area is 152 Å². The van der Waals surface area contributed by atoms with Crippen molar-refractivity contribution in [1.29, 1.82) is 0 Å². The summed E-state index contributed by atoms with van der Waals surface area (Å²) in [5.74, 6) is -0.363. The number of pyridine rings is 1. The van der Waals surface area contributed by atoms with Crippen LogP contribution in [0, 0.1) is 19.8 Å². The van der Waals surface area contributed by atoms with Crippen molar-refractivity contribution in [2.75, 3.05) is 0 Å². The van der Waals surface area contributed by atoms with Crippen LogP contribution in [0.2, 0.25) is 0 Å². The Balaban J connectivity index is 2.10. The molecule has 1 aromatic heterocycles. The van der Waals surface area contributed by atoms with E-state index in [9.17, 15) is 9.59 Å². The number of carbonyl (C=O) groups excluding carboxylic acids is 2. The first-order valence-electron chi connectivity index (χ1n) is 8.16. The topological polar surface area (TPSA) is 71.1 Å². The van der Waals surface area contributed by atoms with Gasteiger partial charge in [-0.05, 0) is 55.2 Å². The van der Waals surface area contributed by atoms with Gasteiger partial charge in [0.2, 0.25) is 5.91 Å². The number of amides is 2. The zero-order valence-electron chi connectivity index (χ0n) is 14.9. The Hall–Kier alpha value is -2.34. The van der Waals surface area contributed by atoms with Gasteiger partial charge in [-0.25, -0.2) is 4.98 Å². The minimum Gasteiger partial charge on any atom is -0.273 e. The van der Waals surface area contributed by atoms with E-state index in [0.29, 0.717) is 17.0 Å². The SMILES string of the molecule is Cc1ccc(Sc2ncccc2C(=O)NNC(=O)CC(C)C)cc1C. The van der Waals surface area contributed by atoms with Crippen LogP contribution in [0.1, 0.15) is 41.8 Å². The molecule has 1 heterocycles. The lowest BCUT2D eigenvalue weighted by molar-refractivity contribution is -0.122. The standard InChI is InChI=1S/C19H23N3O2S/c1-12(2)10-17(23)21-22-18(24)16-6-5-9-20-19(16)25-15-8-7-13(3)14(4)11-15/h5-9,11-12H,10H2,1-4H3,(H,21,23)(H,22,24). The van der Waals surface area contributed by atoms with Crippen molar-refractivity contribution in [2.45, 2.75) is 44.0 Å². The second kappa shape index (κ2) is 8.67. The van der Waals surface area contributed by atoms with E-state index in [1.807, 2.05) is 26.0 Å². The number of benzene rings is 1. The van der Waals surface area contributed by atoms with E-state index in [1.54, 1.807) is 18.3 Å². The average molecular weight is 357 g/mol. The van der Waals surface area contributed by atoms with Crippen LogP contribution < -0.4 is 10.9 Å². The summed E-state index contributed by atoms with van der Waals surface area (Å²) in [4.78, 5) is 29.4. The zero-order valence-corrected chi connectivity index (χ0v) is 15.7. The van der Waals surface area contributed by atoms with Crippen molar-refractivity contribution in [2.24, 2.45) is 5.92 Å². The summed E-state index contributed by atoms with van der Waals surface area (Å²) in [5, 5.41) is 0.598. The Morgan fingerprint density at radius 2 is 1.88 bits per heavy atom. The molecule has 132 valence electrons. The van der Waals surface area contributed by atoms with E-state index >= 15 is 0 Å². The summed E-state index contributed by atoms with van der Waals surface area (Å²) in [6.45, 7) is 8.00. The minimum atomic E-state index is -0.378. The number of hydrazine groups is 1. The van der Waals surface area contributed by atoms with E-state index < -0.39 is 0 Å². The molecule has 2 aromatic rings. The molecule has 0 spiro atoms. The molecule has 0 aliphatic heterocycles. The molecule has 0 saturated carbocycles. The number of hydrogen-bond donors (Lipinski definition) is 2. The van der Waals surface area contributed by atoms with E-state index in [-0.39, 0.29) is 17.7 Å². The molecule has 2 N–H and O–H groups in total. The summed E-state index contributed by atoms with van der Waals surface area (Å²) < 4.78 is 0. The first-order chi connectivity index (χ1) is 11.9. The van der Waals surface area contributed by atoms with Crippen LogP contribution in [0.5, 0.6) is 0 Å². The van der Waals surface area contributed by atoms with Crippen LogP contribution in [-0.4, -0.2) is 16.8 Å². The third-order valence-corrected chi connectivity index (χ3v) is 4.63. The summed E-state index contributed by atoms with van der Waals surface area (Å²) in [7, 11) is 0. The summed E-state index contributed by atoms with van der Waals surface area (Å²) in [6, 6.07) is 9.52. The van der Waals surface area contributed by atoms with Crippen molar-refractivity contribution in [1.82, 2.24) is 15.8 Å². The Kier molecular flexibility index (Phi) is 6.58. The van der Waals surface area contributed by atoms with Crippen molar-refractivity contribution < 1.29 is 9.59 Å². The fraction of sp³-hybridized carbons (Fsp3) is 0.316. The highest BCUT2D eigenvalue weighted by Gasteiger charge is 2.14. The molecular weight excluding hydrogens is 334 g/mol. The van der Waals surface area contributed by atoms with Gasteiger partial charge in [-0.2, -0.15) is 0 Å². The highest BCUT2D eigenvalue weighted by Crippen LogP contribution is 2.29. The van der Waals surface area contributed by atoms with Gasteiger partial charge < -0.3 is 0 Å². The van der Waals surface area contributed by atoms with Crippen LogP contribution in [0.3, 0.4) is 0 Å². The predicted octanol–water partition coefficient (Wildman–Crippen LogP) is 3.66. The van der Waals surface area contributed by atoms with Gasteiger partial charge in [0, 0.05) is 17.5 Å². The van der Waals surface area contributed by atoms with Gasteiger partial charge in [0.05, 0.1) is 5.56 Å². The van der Waals surface area contributed by atoms with Crippen LogP contribution in [0.25, 0.3) is 0 Å². The van der Waals surface area contributed by atoms with E-state index in [1.165, 1.54) is 22.9 Å². The fourth-order valence-electron chi connectivity index (χ4n) is 2.15. The lowest BCUT2D eigenvalue weighted by Gasteiger charge is -2.11. The summed E-state index contributed by atoms with van der Waals surface area (Å²) in [5.41, 5.74) is 7.74. The van der Waals surface area contributed by atoms with E-state index in [2.05, 4.69) is 35.7 Å². The Bertz CT molecular complexity index is 775. The third kappa shape index (κ3) is 5.60. The lowest BCUT2D eigenvalue weighted by Crippen LogP contribution is -2.42. The molecule has 2 amide bonds. The first kappa shape index (κ1) is 19.0. The number of carbonyl (C=O) groups is 2. The number of aromatic nitrogens is 1. The van der Waals surface area contributed by atoms with Gasteiger partial charge in [0.25, 0.3) is 5.91 Å². The molecule has 2 rings (SSSR count). The molecule has 5 nitrogen and oxygen atoms in total. The molecule has 0 aliphatic carbocycles. The van der Waals surface area contributed by atoms with Crippen LogP contribution >= 0.6 is 11.8 Å². The van der Waals surface area contributed by atoms with Crippen molar-refractivity contribution in [3.63, 3.8) is 0 Å². The number of nitrogens with zero attached hydrogens (tertiary/aromatic N) is 1. The van der Waals surface area contributed by atoms with Gasteiger partial charge in [-0.15, -0.1) is 0 Å². The molecule has 1 aromatic carbocycles. The van der Waals surface area contributed by atoms with Crippen LogP contribution in [0.15, 0.2) is 46.5 Å². The number of rotatable bonds is 5. The molecule has 6 heteroatoms. The molecular formula is C19H23N3O2S. The maximum absolute atomic E-state index is 12.4. The van der Waals surface area contributed by atoms with E-state index in [4.69, 9.17) is 0 Å². The Morgan fingerprint density at radius 3 is 2.56 bits per heavy atom. The second-order valence-corrected chi connectivity index (χ2v) is 7.37. The predicted molar refractivity (Wildman–Crippen MR) is 99.3 cm³/mol. The summed E-state index contributed by atoms with van der Waals surface area (Å²) >= 11 is 1.43. The maximum Gasteiger partial charge on any atom is 0.272 e. The molecule has 0 atom stereocenters. The smallest absolute Gasteiger partial charge is 0.272 e. The van der Waals surface area contributed by atoms with Gasteiger partial charge in [0.1, 0.15) is 5.03 Å². The molecule has 25 heavy (non-hydrogen) atoms. The third-order valence-electron chi connectivity index (χ3n) is 3.62.